The Labute approximate surface area is 51.6 Å². The molecule has 0 aromatic carbocycles. The smallest absolute Gasteiger partial charge is 0.00234 e. The highest BCUT2D eigenvalue weighted by Crippen LogP contribution is 1.95. The van der Waals surface area contributed by atoms with Gasteiger partial charge in [-0.1, -0.05) is 18.9 Å². The zero-order valence-electron chi connectivity index (χ0n) is 5.78. The Morgan fingerprint density at radius 3 is 2.38 bits per heavy atom. The molecule has 0 radical (unpaired) electrons. The van der Waals surface area contributed by atoms with Gasteiger partial charge in [0.1, 0.15) is 0 Å². The summed E-state index contributed by atoms with van der Waals surface area (Å²) in [5, 5.41) is 0. The molecule has 0 nitrogen and oxygen atoms in total. The Morgan fingerprint density at radius 2 is 2.25 bits per heavy atom. The molecule has 0 bridgehead atoms. The van der Waals surface area contributed by atoms with Crippen LogP contribution in [0, 0.1) is 11.8 Å². The van der Waals surface area contributed by atoms with Crippen LogP contribution in [0.3, 0.4) is 0 Å². The normalized spacial score (nSPS) is 10.1. The van der Waals surface area contributed by atoms with E-state index in [0.717, 1.165) is 6.42 Å². The lowest BCUT2D eigenvalue weighted by molar-refractivity contribution is 1.16. The highest BCUT2D eigenvalue weighted by molar-refractivity contribution is 5.26. The molecule has 0 aromatic heterocycles. The summed E-state index contributed by atoms with van der Waals surface area (Å²) in [5.74, 6) is 5.84. The predicted octanol–water partition coefficient (Wildman–Crippen LogP) is 2.37. The van der Waals surface area contributed by atoms with Crippen molar-refractivity contribution in [1.29, 1.82) is 0 Å². The summed E-state index contributed by atoms with van der Waals surface area (Å²) in [7, 11) is 0. The molecule has 0 unspecified atom stereocenters. The van der Waals surface area contributed by atoms with E-state index in [1.807, 2.05) is 13.8 Å². The van der Waals surface area contributed by atoms with E-state index in [1.54, 1.807) is 0 Å². The molecule has 0 rings (SSSR count). The van der Waals surface area contributed by atoms with Crippen molar-refractivity contribution in [3.05, 3.63) is 11.6 Å². The van der Waals surface area contributed by atoms with Crippen LogP contribution in [0.5, 0.6) is 0 Å². The van der Waals surface area contributed by atoms with E-state index >= 15 is 0 Å². The Bertz CT molecular complexity index is 130. The summed E-state index contributed by atoms with van der Waals surface area (Å²) in [6.07, 6.45) is 3.10. The third-order valence-corrected chi connectivity index (χ3v) is 1.01. The molecule has 0 aromatic rings. The average molecular weight is 108 g/mol. The van der Waals surface area contributed by atoms with Gasteiger partial charge in [-0.3, -0.25) is 0 Å². The van der Waals surface area contributed by atoms with Crippen LogP contribution in [0.4, 0.5) is 0 Å². The number of hydrogen-bond donors (Lipinski definition) is 0. The van der Waals surface area contributed by atoms with E-state index in [2.05, 4.69) is 24.8 Å². The first-order valence-corrected chi connectivity index (χ1v) is 2.93. The second kappa shape index (κ2) is 4.46. The third-order valence-electron chi connectivity index (χ3n) is 1.01. The van der Waals surface area contributed by atoms with Gasteiger partial charge in [0, 0.05) is 0 Å². The maximum atomic E-state index is 2.99. The van der Waals surface area contributed by atoms with Crippen LogP contribution in [0.25, 0.3) is 0 Å². The van der Waals surface area contributed by atoms with Crippen molar-refractivity contribution in [3.63, 3.8) is 0 Å². The average Bonchev–Trinajstić information content (AvgIpc) is 1.83. The summed E-state index contributed by atoms with van der Waals surface area (Å²) in [5.41, 5.74) is 1.23. The van der Waals surface area contributed by atoms with Gasteiger partial charge in [0.15, 0.2) is 0 Å². The molecule has 0 saturated heterocycles. The fourth-order valence-corrected chi connectivity index (χ4v) is 0.525. The van der Waals surface area contributed by atoms with E-state index < -0.39 is 0 Å². The zero-order chi connectivity index (χ0) is 6.41. The number of allylic oxidation sites excluding steroid dienone is 2. The fourth-order valence-electron chi connectivity index (χ4n) is 0.525. The van der Waals surface area contributed by atoms with Crippen molar-refractivity contribution in [2.24, 2.45) is 0 Å². The van der Waals surface area contributed by atoms with Crippen molar-refractivity contribution in [2.45, 2.75) is 27.2 Å². The van der Waals surface area contributed by atoms with Gasteiger partial charge in [-0.25, -0.2) is 0 Å². The Balaban J connectivity index is 3.86. The van der Waals surface area contributed by atoms with Crippen LogP contribution >= 0.6 is 0 Å². The first kappa shape index (κ1) is 7.30. The highest BCUT2D eigenvalue weighted by Gasteiger charge is 1.79. The van der Waals surface area contributed by atoms with Gasteiger partial charge in [0.25, 0.3) is 0 Å². The second-order valence-corrected chi connectivity index (χ2v) is 1.54. The van der Waals surface area contributed by atoms with Crippen molar-refractivity contribution in [3.8, 4) is 11.8 Å². The van der Waals surface area contributed by atoms with E-state index in [0.29, 0.717) is 0 Å². The standard InChI is InChI=1S/C8H12/c1-4-7-8(5-2)6-3/h5H,6H2,1-3H3. The molecular weight excluding hydrogens is 96.1 g/mol. The monoisotopic (exact) mass is 108 g/mol. The molecule has 8 heavy (non-hydrogen) atoms. The van der Waals surface area contributed by atoms with E-state index in [9.17, 15) is 0 Å². The minimum atomic E-state index is 1.05. The molecule has 0 atom stereocenters. The fraction of sp³-hybridized carbons (Fsp3) is 0.500. The van der Waals surface area contributed by atoms with Crippen molar-refractivity contribution >= 4 is 0 Å². The van der Waals surface area contributed by atoms with Crippen LogP contribution in [-0.2, 0) is 0 Å². The molecule has 44 valence electrons. The van der Waals surface area contributed by atoms with Gasteiger partial charge in [-0.15, -0.1) is 5.92 Å². The van der Waals surface area contributed by atoms with Crippen LogP contribution in [0.1, 0.15) is 27.2 Å². The molecule has 0 amide bonds. The Morgan fingerprint density at radius 1 is 1.62 bits per heavy atom. The van der Waals surface area contributed by atoms with Crippen molar-refractivity contribution in [1.82, 2.24) is 0 Å². The highest BCUT2D eigenvalue weighted by atomic mass is 13.8. The summed E-state index contributed by atoms with van der Waals surface area (Å²) >= 11 is 0. The first-order chi connectivity index (χ1) is 3.85. The molecule has 0 aliphatic heterocycles. The van der Waals surface area contributed by atoms with Crippen molar-refractivity contribution in [2.75, 3.05) is 0 Å². The van der Waals surface area contributed by atoms with Gasteiger partial charge in [-0.05, 0) is 25.8 Å². The van der Waals surface area contributed by atoms with Gasteiger partial charge >= 0.3 is 0 Å². The van der Waals surface area contributed by atoms with E-state index in [1.165, 1.54) is 5.57 Å². The number of rotatable bonds is 1. The maximum absolute atomic E-state index is 2.99. The Kier molecular flexibility index (Phi) is 4.07. The van der Waals surface area contributed by atoms with Gasteiger partial charge in [-0.2, -0.15) is 0 Å². The molecule has 0 spiro atoms. The first-order valence-electron chi connectivity index (χ1n) is 2.93. The van der Waals surface area contributed by atoms with Crippen molar-refractivity contribution < 1.29 is 0 Å². The maximum Gasteiger partial charge on any atom is -0.00234 e. The van der Waals surface area contributed by atoms with Gasteiger partial charge < -0.3 is 0 Å². The molecule has 0 heterocycles. The quantitative estimate of drug-likeness (QED) is 0.452. The van der Waals surface area contributed by atoms with Gasteiger partial charge in [0.05, 0.1) is 0 Å². The lowest BCUT2D eigenvalue weighted by atomic mass is 10.2. The minimum Gasteiger partial charge on any atom is -0.102 e. The van der Waals surface area contributed by atoms with Gasteiger partial charge in [0.2, 0.25) is 0 Å². The molecule has 0 fully saturated rings. The SMILES string of the molecule is CC#CC(=CC)CC. The van der Waals surface area contributed by atoms with E-state index in [-0.39, 0.29) is 0 Å². The Hall–Kier alpha value is -0.700. The second-order valence-electron chi connectivity index (χ2n) is 1.54. The van der Waals surface area contributed by atoms with Crippen LogP contribution < -0.4 is 0 Å². The lowest BCUT2D eigenvalue weighted by Gasteiger charge is -1.86. The largest absolute Gasteiger partial charge is 0.102 e. The number of hydrogen-bond acceptors (Lipinski definition) is 0. The summed E-state index contributed by atoms with van der Waals surface area (Å²) in [6, 6.07) is 0. The molecule has 0 saturated carbocycles. The van der Waals surface area contributed by atoms with E-state index in [4.69, 9.17) is 0 Å². The topological polar surface area (TPSA) is 0 Å². The third kappa shape index (κ3) is 2.47. The lowest BCUT2D eigenvalue weighted by Crippen LogP contribution is -1.70. The molecule has 0 N–H and O–H groups in total. The zero-order valence-corrected chi connectivity index (χ0v) is 5.78. The summed E-state index contributed by atoms with van der Waals surface area (Å²) < 4.78 is 0. The molecule has 0 heteroatoms. The minimum absolute atomic E-state index is 1.05. The summed E-state index contributed by atoms with van der Waals surface area (Å²) in [4.78, 5) is 0. The van der Waals surface area contributed by atoms with Crippen LogP contribution in [0.15, 0.2) is 11.6 Å². The molecule has 0 aliphatic rings. The molecule has 0 aliphatic carbocycles. The molecular formula is C8H12. The van der Waals surface area contributed by atoms with Crippen LogP contribution in [0.2, 0.25) is 0 Å². The van der Waals surface area contributed by atoms with Crippen LogP contribution in [-0.4, -0.2) is 0 Å². The predicted molar refractivity (Wildman–Crippen MR) is 37.5 cm³/mol. The summed E-state index contributed by atoms with van der Waals surface area (Å²) in [6.45, 7) is 5.99.